The summed E-state index contributed by atoms with van der Waals surface area (Å²) in [7, 11) is 3.40. The number of nitrogens with zero attached hydrogens (tertiary/aromatic N) is 2. The highest BCUT2D eigenvalue weighted by molar-refractivity contribution is 7.15. The van der Waals surface area contributed by atoms with E-state index in [4.69, 9.17) is 9.47 Å². The molecule has 1 heterocycles. The van der Waals surface area contributed by atoms with Crippen molar-refractivity contribution in [1.29, 1.82) is 0 Å². The van der Waals surface area contributed by atoms with Crippen molar-refractivity contribution in [3.8, 4) is 0 Å². The highest BCUT2D eigenvalue weighted by Gasteiger charge is 2.13. The van der Waals surface area contributed by atoms with Crippen LogP contribution in [0.2, 0.25) is 0 Å². The fourth-order valence-electron chi connectivity index (χ4n) is 1.60. The SMILES string of the molecule is COCCCN(CCOC)c1nc(C)c(CO)s1. The first-order valence-electron chi connectivity index (χ1n) is 6.03. The van der Waals surface area contributed by atoms with Gasteiger partial charge < -0.3 is 19.5 Å². The van der Waals surface area contributed by atoms with Gasteiger partial charge in [-0.15, -0.1) is 0 Å². The van der Waals surface area contributed by atoms with Gasteiger partial charge in [0.15, 0.2) is 5.13 Å². The first-order chi connectivity index (χ1) is 8.72. The van der Waals surface area contributed by atoms with E-state index in [9.17, 15) is 5.11 Å². The molecule has 1 N–H and O–H groups in total. The van der Waals surface area contributed by atoms with E-state index in [1.54, 1.807) is 25.6 Å². The fourth-order valence-corrected chi connectivity index (χ4v) is 2.57. The van der Waals surface area contributed by atoms with Crippen molar-refractivity contribution in [2.45, 2.75) is 20.0 Å². The molecule has 0 spiro atoms. The first kappa shape index (κ1) is 15.4. The lowest BCUT2D eigenvalue weighted by molar-refractivity contribution is 0.191. The van der Waals surface area contributed by atoms with Crippen LogP contribution in [0.5, 0.6) is 0 Å². The number of hydrogen-bond acceptors (Lipinski definition) is 6. The van der Waals surface area contributed by atoms with Crippen LogP contribution in [-0.4, -0.2) is 50.6 Å². The van der Waals surface area contributed by atoms with E-state index in [-0.39, 0.29) is 6.61 Å². The monoisotopic (exact) mass is 274 g/mol. The number of hydrogen-bond donors (Lipinski definition) is 1. The number of anilines is 1. The standard InChI is InChI=1S/C12H22N2O3S/c1-10-11(9-15)18-12(13-10)14(6-8-17-3)5-4-7-16-2/h15H,4-9H2,1-3H3. The molecule has 0 fully saturated rings. The molecule has 0 aliphatic carbocycles. The minimum atomic E-state index is 0.0552. The van der Waals surface area contributed by atoms with Gasteiger partial charge in [0.25, 0.3) is 0 Å². The fraction of sp³-hybridized carbons (Fsp3) is 0.750. The molecular weight excluding hydrogens is 252 g/mol. The van der Waals surface area contributed by atoms with Crippen LogP contribution >= 0.6 is 11.3 Å². The molecule has 6 heteroatoms. The average Bonchev–Trinajstić information content (AvgIpc) is 2.75. The molecule has 0 aliphatic rings. The van der Waals surface area contributed by atoms with Crippen molar-refractivity contribution < 1.29 is 14.6 Å². The van der Waals surface area contributed by atoms with Crippen molar-refractivity contribution in [2.75, 3.05) is 45.4 Å². The van der Waals surface area contributed by atoms with E-state index < -0.39 is 0 Å². The second-order valence-corrected chi connectivity index (χ2v) is 5.05. The summed E-state index contributed by atoms with van der Waals surface area (Å²) >= 11 is 1.54. The number of aliphatic hydroxyl groups is 1. The maximum atomic E-state index is 9.21. The van der Waals surface area contributed by atoms with Crippen LogP contribution in [0.25, 0.3) is 0 Å². The summed E-state index contributed by atoms with van der Waals surface area (Å²) in [5.74, 6) is 0. The van der Waals surface area contributed by atoms with E-state index >= 15 is 0 Å². The van der Waals surface area contributed by atoms with Crippen molar-refractivity contribution in [2.24, 2.45) is 0 Å². The van der Waals surface area contributed by atoms with Crippen molar-refractivity contribution in [1.82, 2.24) is 4.98 Å². The summed E-state index contributed by atoms with van der Waals surface area (Å²) in [5, 5.41) is 10.2. The van der Waals surface area contributed by atoms with Crippen molar-refractivity contribution in [3.63, 3.8) is 0 Å². The molecule has 18 heavy (non-hydrogen) atoms. The molecule has 0 aromatic carbocycles. The van der Waals surface area contributed by atoms with Gasteiger partial charge in [-0.2, -0.15) is 0 Å². The molecule has 1 aromatic heterocycles. The Morgan fingerprint density at radius 3 is 2.50 bits per heavy atom. The lowest BCUT2D eigenvalue weighted by Gasteiger charge is -2.21. The summed E-state index contributed by atoms with van der Waals surface area (Å²) in [4.78, 5) is 7.61. The molecule has 104 valence electrons. The van der Waals surface area contributed by atoms with Crippen LogP contribution in [0.3, 0.4) is 0 Å². The van der Waals surface area contributed by atoms with E-state index in [1.165, 1.54) is 0 Å². The smallest absolute Gasteiger partial charge is 0.185 e. The average molecular weight is 274 g/mol. The van der Waals surface area contributed by atoms with Crippen LogP contribution < -0.4 is 4.90 Å². The molecule has 1 rings (SSSR count). The Labute approximate surface area is 112 Å². The topological polar surface area (TPSA) is 54.8 Å². The van der Waals surface area contributed by atoms with Gasteiger partial charge >= 0.3 is 0 Å². The Balaban J connectivity index is 2.66. The Hall–Kier alpha value is -0.690. The minimum absolute atomic E-state index is 0.0552. The maximum absolute atomic E-state index is 9.21. The predicted molar refractivity (Wildman–Crippen MR) is 73.4 cm³/mol. The third kappa shape index (κ3) is 4.53. The Kier molecular flexibility index (Phi) is 7.19. The van der Waals surface area contributed by atoms with Crippen LogP contribution in [0, 0.1) is 6.92 Å². The predicted octanol–water partition coefficient (Wildman–Crippen LogP) is 1.43. The summed E-state index contributed by atoms with van der Waals surface area (Å²) in [6.45, 7) is 5.07. The van der Waals surface area contributed by atoms with Crippen LogP contribution in [0.4, 0.5) is 5.13 Å². The third-order valence-electron chi connectivity index (χ3n) is 2.64. The summed E-state index contributed by atoms with van der Waals surface area (Å²) < 4.78 is 10.2. The molecule has 0 atom stereocenters. The Bertz CT molecular complexity index is 344. The van der Waals surface area contributed by atoms with Gasteiger partial charge in [-0.3, -0.25) is 0 Å². The summed E-state index contributed by atoms with van der Waals surface area (Å²) in [6.07, 6.45) is 0.952. The third-order valence-corrected chi connectivity index (χ3v) is 3.84. The maximum Gasteiger partial charge on any atom is 0.185 e. The lowest BCUT2D eigenvalue weighted by atomic mass is 10.4. The van der Waals surface area contributed by atoms with E-state index in [0.717, 1.165) is 41.8 Å². The molecule has 0 amide bonds. The zero-order chi connectivity index (χ0) is 13.4. The molecule has 0 radical (unpaired) electrons. The van der Waals surface area contributed by atoms with E-state index in [1.807, 2.05) is 6.92 Å². The summed E-state index contributed by atoms with van der Waals surface area (Å²) in [6, 6.07) is 0. The Morgan fingerprint density at radius 2 is 1.94 bits per heavy atom. The van der Waals surface area contributed by atoms with Crippen molar-refractivity contribution in [3.05, 3.63) is 10.6 Å². The molecule has 0 saturated heterocycles. The van der Waals surface area contributed by atoms with Gasteiger partial charge in [-0.05, 0) is 13.3 Å². The molecule has 1 aromatic rings. The second kappa shape index (κ2) is 8.42. The number of thiazole rings is 1. The second-order valence-electron chi connectivity index (χ2n) is 3.99. The van der Waals surface area contributed by atoms with Gasteiger partial charge in [0.05, 0.1) is 23.8 Å². The normalized spacial score (nSPS) is 10.9. The number of aromatic nitrogens is 1. The molecule has 0 aliphatic heterocycles. The van der Waals surface area contributed by atoms with Gasteiger partial charge in [0, 0.05) is 33.9 Å². The molecule has 0 saturated carbocycles. The molecule has 0 unspecified atom stereocenters. The molecule has 5 nitrogen and oxygen atoms in total. The Morgan fingerprint density at radius 1 is 1.22 bits per heavy atom. The number of methoxy groups -OCH3 is 2. The quantitative estimate of drug-likeness (QED) is 0.690. The van der Waals surface area contributed by atoms with Gasteiger partial charge in [-0.1, -0.05) is 11.3 Å². The number of aliphatic hydroxyl groups excluding tert-OH is 1. The lowest BCUT2D eigenvalue weighted by Crippen LogP contribution is -2.28. The van der Waals surface area contributed by atoms with Gasteiger partial charge in [0.1, 0.15) is 0 Å². The minimum Gasteiger partial charge on any atom is -0.391 e. The summed E-state index contributed by atoms with van der Waals surface area (Å²) in [5.41, 5.74) is 0.909. The number of ether oxygens (including phenoxy) is 2. The molecule has 0 bridgehead atoms. The van der Waals surface area contributed by atoms with E-state index in [0.29, 0.717) is 6.61 Å². The zero-order valence-electron chi connectivity index (χ0n) is 11.3. The van der Waals surface area contributed by atoms with E-state index in [2.05, 4.69) is 9.88 Å². The number of rotatable bonds is 9. The van der Waals surface area contributed by atoms with Crippen LogP contribution in [0.1, 0.15) is 17.0 Å². The van der Waals surface area contributed by atoms with Crippen molar-refractivity contribution >= 4 is 16.5 Å². The van der Waals surface area contributed by atoms with Gasteiger partial charge in [0.2, 0.25) is 0 Å². The zero-order valence-corrected chi connectivity index (χ0v) is 12.1. The molecular formula is C12H22N2O3S. The van der Waals surface area contributed by atoms with Crippen LogP contribution in [-0.2, 0) is 16.1 Å². The van der Waals surface area contributed by atoms with Gasteiger partial charge in [-0.25, -0.2) is 4.98 Å². The first-order valence-corrected chi connectivity index (χ1v) is 6.84. The highest BCUT2D eigenvalue weighted by Crippen LogP contribution is 2.26. The largest absolute Gasteiger partial charge is 0.391 e. The number of aryl methyl sites for hydroxylation is 1. The van der Waals surface area contributed by atoms with Crippen LogP contribution in [0.15, 0.2) is 0 Å². The highest BCUT2D eigenvalue weighted by atomic mass is 32.1.